The third kappa shape index (κ3) is 6.77. The van der Waals surface area contributed by atoms with Crippen LogP contribution in [0.25, 0.3) is 0 Å². The molecule has 28 heavy (non-hydrogen) atoms. The van der Waals surface area contributed by atoms with E-state index in [2.05, 4.69) is 60.5 Å². The monoisotopic (exact) mass is 380 g/mol. The van der Waals surface area contributed by atoms with Crippen LogP contribution in [0.5, 0.6) is 0 Å². The van der Waals surface area contributed by atoms with Crippen molar-refractivity contribution in [2.45, 2.75) is 58.4 Å². The Morgan fingerprint density at radius 1 is 0.964 bits per heavy atom. The zero-order valence-corrected chi connectivity index (χ0v) is 17.1. The Bertz CT molecular complexity index is 720. The van der Waals surface area contributed by atoms with Crippen molar-refractivity contribution in [3.05, 3.63) is 71.3 Å². The van der Waals surface area contributed by atoms with Gasteiger partial charge in [0.15, 0.2) is 0 Å². The van der Waals surface area contributed by atoms with Gasteiger partial charge in [-0.05, 0) is 43.4 Å². The predicted molar refractivity (Wildman–Crippen MR) is 113 cm³/mol. The molecule has 2 atom stereocenters. The normalized spacial score (nSPS) is 20.1. The molecule has 0 saturated carbocycles. The molecule has 150 valence electrons. The topological polar surface area (TPSA) is 41.6 Å². The highest BCUT2D eigenvalue weighted by molar-refractivity contribution is 5.75. The number of hydrogen-bond donors (Lipinski definition) is 1. The maximum absolute atomic E-state index is 12.1. The minimum Gasteiger partial charge on any atom is -0.373 e. The van der Waals surface area contributed by atoms with E-state index in [0.717, 1.165) is 38.0 Å². The summed E-state index contributed by atoms with van der Waals surface area (Å²) >= 11 is 0. The van der Waals surface area contributed by atoms with Gasteiger partial charge in [-0.25, -0.2) is 0 Å². The molecule has 2 unspecified atom stereocenters. The van der Waals surface area contributed by atoms with Crippen LogP contribution in [0.2, 0.25) is 0 Å². The number of nitrogens with zero attached hydrogens (tertiary/aromatic N) is 1. The Balaban J connectivity index is 1.37. The molecule has 1 N–H and O–H groups in total. The van der Waals surface area contributed by atoms with Crippen LogP contribution in [0.4, 0.5) is 0 Å². The fourth-order valence-corrected chi connectivity index (χ4v) is 3.82. The number of aryl methyl sites for hydroxylation is 1. The Kier molecular flexibility index (Phi) is 7.63. The maximum atomic E-state index is 12.1. The molecule has 1 saturated heterocycles. The number of ether oxygens (including phenoxy) is 1. The van der Waals surface area contributed by atoms with Crippen LogP contribution in [0.15, 0.2) is 54.6 Å². The number of carbonyl (C=O) groups is 1. The average molecular weight is 381 g/mol. The number of amides is 1. The maximum Gasteiger partial charge on any atom is 0.220 e. The van der Waals surface area contributed by atoms with Crippen molar-refractivity contribution in [1.29, 1.82) is 0 Å². The van der Waals surface area contributed by atoms with Crippen molar-refractivity contribution in [3.63, 3.8) is 0 Å². The molecule has 1 amide bonds. The standard InChI is InChI=1S/C24H32N2O2/c1-19-16-26(17-20(2)28-19)18-23-13-11-22(12-14-23)15-25-24(27)10-6-9-21-7-4-3-5-8-21/h3-5,7-8,11-14,19-20H,6,9-10,15-18H2,1-2H3,(H,25,27). The van der Waals surface area contributed by atoms with Gasteiger partial charge in [-0.2, -0.15) is 0 Å². The quantitative estimate of drug-likeness (QED) is 0.754. The molecule has 1 aliphatic rings. The highest BCUT2D eigenvalue weighted by Gasteiger charge is 2.21. The lowest BCUT2D eigenvalue weighted by atomic mass is 10.1. The lowest BCUT2D eigenvalue weighted by molar-refractivity contribution is -0.121. The number of benzene rings is 2. The molecule has 4 nitrogen and oxygen atoms in total. The fourth-order valence-electron chi connectivity index (χ4n) is 3.82. The molecule has 2 aromatic rings. The molecule has 0 aromatic heterocycles. The van der Waals surface area contributed by atoms with Gasteiger partial charge in [-0.3, -0.25) is 9.69 Å². The largest absolute Gasteiger partial charge is 0.373 e. The summed E-state index contributed by atoms with van der Waals surface area (Å²) in [6.45, 7) is 7.76. The summed E-state index contributed by atoms with van der Waals surface area (Å²) in [4.78, 5) is 14.5. The van der Waals surface area contributed by atoms with E-state index in [1.807, 2.05) is 18.2 Å². The van der Waals surface area contributed by atoms with Crippen LogP contribution < -0.4 is 5.32 Å². The summed E-state index contributed by atoms with van der Waals surface area (Å²) in [7, 11) is 0. The zero-order chi connectivity index (χ0) is 19.8. The highest BCUT2D eigenvalue weighted by atomic mass is 16.5. The first-order valence-corrected chi connectivity index (χ1v) is 10.3. The molecule has 0 spiro atoms. The third-order valence-electron chi connectivity index (χ3n) is 5.13. The first-order chi connectivity index (χ1) is 13.6. The van der Waals surface area contributed by atoms with Crippen molar-refractivity contribution in [3.8, 4) is 0 Å². The van der Waals surface area contributed by atoms with Gasteiger partial charge in [0.1, 0.15) is 0 Å². The molecule has 2 aromatic carbocycles. The van der Waals surface area contributed by atoms with Crippen LogP contribution >= 0.6 is 0 Å². The molecular formula is C24H32N2O2. The second-order valence-corrected chi connectivity index (χ2v) is 7.88. The number of hydrogen-bond acceptors (Lipinski definition) is 3. The van der Waals surface area contributed by atoms with E-state index >= 15 is 0 Å². The molecule has 0 bridgehead atoms. The van der Waals surface area contributed by atoms with E-state index in [9.17, 15) is 4.79 Å². The Morgan fingerprint density at radius 3 is 2.29 bits per heavy atom. The van der Waals surface area contributed by atoms with Gasteiger partial charge in [0.25, 0.3) is 0 Å². The summed E-state index contributed by atoms with van der Waals surface area (Å²) in [6, 6.07) is 18.9. The summed E-state index contributed by atoms with van der Waals surface area (Å²) in [5, 5.41) is 3.03. The molecule has 4 heteroatoms. The minimum atomic E-state index is 0.122. The Labute approximate surface area is 168 Å². The molecule has 1 heterocycles. The Hall–Kier alpha value is -2.17. The van der Waals surface area contributed by atoms with Gasteiger partial charge in [-0.15, -0.1) is 0 Å². The van der Waals surface area contributed by atoms with E-state index < -0.39 is 0 Å². The van der Waals surface area contributed by atoms with Gasteiger partial charge in [-0.1, -0.05) is 54.6 Å². The van der Waals surface area contributed by atoms with E-state index in [1.165, 1.54) is 11.1 Å². The van der Waals surface area contributed by atoms with Crippen molar-refractivity contribution in [2.24, 2.45) is 0 Å². The molecule has 3 rings (SSSR count). The number of carbonyl (C=O) groups excluding carboxylic acids is 1. The summed E-state index contributed by atoms with van der Waals surface area (Å²) in [5.41, 5.74) is 3.73. The second-order valence-electron chi connectivity index (χ2n) is 7.88. The molecule has 0 radical (unpaired) electrons. The van der Waals surface area contributed by atoms with Gasteiger partial charge >= 0.3 is 0 Å². The van der Waals surface area contributed by atoms with Crippen molar-refractivity contribution < 1.29 is 9.53 Å². The third-order valence-corrected chi connectivity index (χ3v) is 5.13. The van der Waals surface area contributed by atoms with Gasteiger partial charge in [0.05, 0.1) is 12.2 Å². The first kappa shape index (κ1) is 20.6. The van der Waals surface area contributed by atoms with Gasteiger partial charge in [0, 0.05) is 32.6 Å². The second kappa shape index (κ2) is 10.4. The zero-order valence-electron chi connectivity index (χ0n) is 17.1. The number of morpholine rings is 1. The molecule has 1 fully saturated rings. The summed E-state index contributed by atoms with van der Waals surface area (Å²) in [6.07, 6.45) is 2.98. The molecular weight excluding hydrogens is 348 g/mol. The minimum absolute atomic E-state index is 0.122. The Morgan fingerprint density at radius 2 is 1.61 bits per heavy atom. The predicted octanol–water partition coefficient (Wildman–Crippen LogP) is 3.93. The van der Waals surface area contributed by atoms with Crippen LogP contribution in [-0.4, -0.2) is 36.1 Å². The number of rotatable bonds is 8. The van der Waals surface area contributed by atoms with Crippen LogP contribution in [0.3, 0.4) is 0 Å². The van der Waals surface area contributed by atoms with Crippen LogP contribution in [-0.2, 0) is 29.0 Å². The van der Waals surface area contributed by atoms with Gasteiger partial charge < -0.3 is 10.1 Å². The molecule has 1 aliphatic heterocycles. The summed E-state index contributed by atoms with van der Waals surface area (Å²) < 4.78 is 5.80. The first-order valence-electron chi connectivity index (χ1n) is 10.3. The van der Waals surface area contributed by atoms with Crippen LogP contribution in [0.1, 0.15) is 43.4 Å². The number of nitrogens with one attached hydrogen (secondary N) is 1. The summed E-state index contributed by atoms with van der Waals surface area (Å²) in [5.74, 6) is 0.122. The van der Waals surface area contributed by atoms with Crippen LogP contribution in [0, 0.1) is 0 Å². The van der Waals surface area contributed by atoms with E-state index in [-0.39, 0.29) is 5.91 Å². The molecule has 0 aliphatic carbocycles. The highest BCUT2D eigenvalue weighted by Crippen LogP contribution is 2.15. The van der Waals surface area contributed by atoms with E-state index in [1.54, 1.807) is 0 Å². The smallest absolute Gasteiger partial charge is 0.220 e. The van der Waals surface area contributed by atoms with Crippen molar-refractivity contribution in [2.75, 3.05) is 13.1 Å². The van der Waals surface area contributed by atoms with E-state index in [4.69, 9.17) is 4.74 Å². The van der Waals surface area contributed by atoms with E-state index in [0.29, 0.717) is 25.2 Å². The van der Waals surface area contributed by atoms with Gasteiger partial charge in [0.2, 0.25) is 5.91 Å². The van der Waals surface area contributed by atoms with Crippen molar-refractivity contribution in [1.82, 2.24) is 10.2 Å². The lowest BCUT2D eigenvalue weighted by Gasteiger charge is -2.35. The van der Waals surface area contributed by atoms with Crippen molar-refractivity contribution >= 4 is 5.91 Å². The fraction of sp³-hybridized carbons (Fsp3) is 0.458. The SMILES string of the molecule is CC1CN(Cc2ccc(CNC(=O)CCCc3ccccc3)cc2)CC(C)O1. The average Bonchev–Trinajstić information content (AvgIpc) is 2.67. The lowest BCUT2D eigenvalue weighted by Crippen LogP contribution is -2.44.